The van der Waals surface area contributed by atoms with Gasteiger partial charge in [0.15, 0.2) is 5.16 Å². The first kappa shape index (κ1) is 19.4. The van der Waals surface area contributed by atoms with Crippen molar-refractivity contribution in [2.24, 2.45) is 5.92 Å². The van der Waals surface area contributed by atoms with E-state index in [1.165, 1.54) is 62.5 Å². The molecule has 154 valence electrons. The molecule has 1 aromatic heterocycles. The van der Waals surface area contributed by atoms with E-state index in [9.17, 15) is 4.79 Å². The van der Waals surface area contributed by atoms with Crippen LogP contribution in [0.5, 0.6) is 0 Å². The number of nitrogens with zero attached hydrogens (tertiary/aromatic N) is 2. The fraction of sp³-hybridized carbons (Fsp3) is 0.600. The molecular formula is C25H32N2OS. The summed E-state index contributed by atoms with van der Waals surface area (Å²) in [7, 11) is 0. The van der Waals surface area contributed by atoms with Crippen molar-refractivity contribution in [3.8, 4) is 11.3 Å². The lowest BCUT2D eigenvalue weighted by Gasteiger charge is -2.42. The van der Waals surface area contributed by atoms with Gasteiger partial charge in [-0.15, -0.1) is 0 Å². The van der Waals surface area contributed by atoms with Crippen molar-refractivity contribution in [3.05, 3.63) is 45.7 Å². The van der Waals surface area contributed by atoms with Crippen molar-refractivity contribution in [3.63, 3.8) is 0 Å². The van der Waals surface area contributed by atoms with E-state index in [4.69, 9.17) is 4.98 Å². The third-order valence-corrected chi connectivity index (χ3v) is 8.30. The molecule has 0 unspecified atom stereocenters. The van der Waals surface area contributed by atoms with E-state index in [2.05, 4.69) is 35.1 Å². The third-order valence-electron chi connectivity index (χ3n) is 7.62. The van der Waals surface area contributed by atoms with Crippen LogP contribution in [-0.2, 0) is 18.4 Å². The Kier molecular flexibility index (Phi) is 5.32. The maximum absolute atomic E-state index is 14.1. The molecular weight excluding hydrogens is 376 g/mol. The standard InChI is InChI=1S/C25H32N2OS/c1-29-24-26-22-20-13-7-6-12-19(20)16-25(14-8-3-9-15-25)21(22)23(28)27(24)17-18-10-4-2-5-11-18/h6-7,12-13,18H,2-5,8-11,14-17H2,1H3. The molecule has 2 fully saturated rings. The van der Waals surface area contributed by atoms with Crippen LogP contribution in [0, 0.1) is 5.92 Å². The molecule has 2 saturated carbocycles. The van der Waals surface area contributed by atoms with E-state index in [0.29, 0.717) is 5.92 Å². The van der Waals surface area contributed by atoms with E-state index < -0.39 is 0 Å². The highest BCUT2D eigenvalue weighted by Crippen LogP contribution is 2.48. The predicted molar refractivity (Wildman–Crippen MR) is 121 cm³/mol. The van der Waals surface area contributed by atoms with Crippen LogP contribution in [0.3, 0.4) is 0 Å². The average Bonchev–Trinajstić information content (AvgIpc) is 2.76. The lowest BCUT2D eigenvalue weighted by Crippen LogP contribution is -2.43. The Hall–Kier alpha value is -1.55. The fourth-order valence-electron chi connectivity index (χ4n) is 6.17. The second kappa shape index (κ2) is 7.94. The Morgan fingerprint density at radius 1 is 1.07 bits per heavy atom. The van der Waals surface area contributed by atoms with Gasteiger partial charge in [0, 0.05) is 17.5 Å². The Morgan fingerprint density at radius 3 is 2.55 bits per heavy atom. The summed E-state index contributed by atoms with van der Waals surface area (Å²) in [5.41, 5.74) is 4.87. The highest BCUT2D eigenvalue weighted by atomic mass is 32.2. The van der Waals surface area contributed by atoms with Crippen molar-refractivity contribution in [2.75, 3.05) is 6.26 Å². The predicted octanol–water partition coefficient (Wildman–Crippen LogP) is 5.97. The SMILES string of the molecule is CSc1nc2c(c(=O)n1CC1CCCCC1)C1(CCCCC1)Cc1ccccc1-2. The van der Waals surface area contributed by atoms with Gasteiger partial charge in [0.2, 0.25) is 0 Å². The molecule has 5 rings (SSSR count). The van der Waals surface area contributed by atoms with Gasteiger partial charge in [0.1, 0.15) is 0 Å². The maximum Gasteiger partial charge on any atom is 0.258 e. The topological polar surface area (TPSA) is 34.9 Å². The molecule has 2 aromatic rings. The zero-order valence-corrected chi connectivity index (χ0v) is 18.4. The van der Waals surface area contributed by atoms with Gasteiger partial charge in [-0.3, -0.25) is 9.36 Å². The molecule has 1 heterocycles. The molecule has 0 radical (unpaired) electrons. The van der Waals surface area contributed by atoms with Crippen molar-refractivity contribution < 1.29 is 0 Å². The zero-order chi connectivity index (χ0) is 19.8. The zero-order valence-electron chi connectivity index (χ0n) is 17.6. The molecule has 3 nitrogen and oxygen atoms in total. The quantitative estimate of drug-likeness (QED) is 0.463. The lowest BCUT2D eigenvalue weighted by molar-refractivity contribution is 0.274. The minimum Gasteiger partial charge on any atom is -0.287 e. The molecule has 29 heavy (non-hydrogen) atoms. The minimum atomic E-state index is -0.00271. The van der Waals surface area contributed by atoms with Gasteiger partial charge < -0.3 is 0 Å². The number of benzene rings is 1. The number of hydrogen-bond donors (Lipinski definition) is 0. The minimum absolute atomic E-state index is 0.00271. The summed E-state index contributed by atoms with van der Waals surface area (Å²) < 4.78 is 2.06. The first-order valence-corrected chi connectivity index (χ1v) is 12.7. The number of aromatic nitrogens is 2. The second-order valence-electron chi connectivity index (χ2n) is 9.42. The summed E-state index contributed by atoms with van der Waals surface area (Å²) in [5, 5.41) is 0.905. The summed E-state index contributed by atoms with van der Waals surface area (Å²) in [6.07, 6.45) is 15.6. The maximum atomic E-state index is 14.1. The van der Waals surface area contributed by atoms with Crippen molar-refractivity contribution >= 4 is 11.8 Å². The summed E-state index contributed by atoms with van der Waals surface area (Å²) in [4.78, 5) is 19.2. The van der Waals surface area contributed by atoms with E-state index in [-0.39, 0.29) is 11.0 Å². The van der Waals surface area contributed by atoms with Gasteiger partial charge in [-0.2, -0.15) is 0 Å². The highest BCUT2D eigenvalue weighted by molar-refractivity contribution is 7.98. The van der Waals surface area contributed by atoms with E-state index in [1.807, 2.05) is 0 Å². The average molecular weight is 409 g/mol. The summed E-state index contributed by atoms with van der Waals surface area (Å²) in [5.74, 6) is 0.630. The fourth-order valence-corrected chi connectivity index (χ4v) is 6.73. The molecule has 3 aliphatic carbocycles. The van der Waals surface area contributed by atoms with Gasteiger partial charge >= 0.3 is 0 Å². The largest absolute Gasteiger partial charge is 0.287 e. The van der Waals surface area contributed by atoms with Crippen molar-refractivity contribution in [1.82, 2.24) is 9.55 Å². The van der Waals surface area contributed by atoms with Gasteiger partial charge in [-0.25, -0.2) is 4.98 Å². The lowest BCUT2D eigenvalue weighted by atomic mass is 9.62. The van der Waals surface area contributed by atoms with Crippen LogP contribution < -0.4 is 5.56 Å². The molecule has 0 amide bonds. The van der Waals surface area contributed by atoms with E-state index in [0.717, 1.165) is 42.2 Å². The normalized spacial score (nSPS) is 21.0. The summed E-state index contributed by atoms with van der Waals surface area (Å²) >= 11 is 1.63. The number of thioether (sulfide) groups is 1. The first-order chi connectivity index (χ1) is 14.2. The molecule has 0 aliphatic heterocycles. The summed E-state index contributed by atoms with van der Waals surface area (Å²) in [6, 6.07) is 8.66. The highest BCUT2D eigenvalue weighted by Gasteiger charge is 2.43. The Labute approximate surface area is 178 Å². The molecule has 0 saturated heterocycles. The Morgan fingerprint density at radius 2 is 1.79 bits per heavy atom. The third kappa shape index (κ3) is 3.37. The molecule has 0 N–H and O–H groups in total. The summed E-state index contributed by atoms with van der Waals surface area (Å²) in [6.45, 7) is 0.854. The van der Waals surface area contributed by atoms with Gasteiger partial charge in [0.25, 0.3) is 5.56 Å². The molecule has 3 aliphatic rings. The number of rotatable bonds is 3. The van der Waals surface area contributed by atoms with Crippen LogP contribution in [0.1, 0.15) is 75.3 Å². The van der Waals surface area contributed by atoms with Crippen LogP contribution in [0.2, 0.25) is 0 Å². The van der Waals surface area contributed by atoms with E-state index >= 15 is 0 Å². The van der Waals surface area contributed by atoms with Crippen molar-refractivity contribution in [2.45, 2.75) is 87.7 Å². The first-order valence-electron chi connectivity index (χ1n) is 11.5. The van der Waals surface area contributed by atoms with Crippen LogP contribution in [0.25, 0.3) is 11.3 Å². The van der Waals surface area contributed by atoms with E-state index in [1.54, 1.807) is 11.8 Å². The molecule has 4 heteroatoms. The second-order valence-corrected chi connectivity index (χ2v) is 10.2. The van der Waals surface area contributed by atoms with Gasteiger partial charge in [-0.1, -0.05) is 74.6 Å². The molecule has 0 atom stereocenters. The van der Waals surface area contributed by atoms with Gasteiger partial charge in [0.05, 0.1) is 11.3 Å². The molecule has 1 aromatic carbocycles. The molecule has 0 bridgehead atoms. The van der Waals surface area contributed by atoms with Crippen LogP contribution in [0.15, 0.2) is 34.2 Å². The van der Waals surface area contributed by atoms with Crippen LogP contribution in [0.4, 0.5) is 0 Å². The van der Waals surface area contributed by atoms with Crippen LogP contribution in [-0.4, -0.2) is 15.8 Å². The number of hydrogen-bond acceptors (Lipinski definition) is 3. The Balaban J connectivity index is 1.69. The van der Waals surface area contributed by atoms with Crippen molar-refractivity contribution in [1.29, 1.82) is 0 Å². The van der Waals surface area contributed by atoms with Crippen LogP contribution >= 0.6 is 11.8 Å². The smallest absolute Gasteiger partial charge is 0.258 e. The van der Waals surface area contributed by atoms with Gasteiger partial charge in [-0.05, 0) is 49.8 Å². The number of fused-ring (bicyclic) bond motifs is 4. The Bertz CT molecular complexity index is 952. The monoisotopic (exact) mass is 408 g/mol. The molecule has 1 spiro atoms.